The highest BCUT2D eigenvalue weighted by molar-refractivity contribution is 6.00. The van der Waals surface area contributed by atoms with Crippen LogP contribution in [-0.4, -0.2) is 149 Å². The Kier molecular flexibility index (Phi) is 17.7. The van der Waals surface area contributed by atoms with Crippen molar-refractivity contribution >= 4 is 47.8 Å². The van der Waals surface area contributed by atoms with Gasteiger partial charge in [-0.2, -0.15) is 0 Å². The summed E-state index contributed by atoms with van der Waals surface area (Å²) in [5, 5.41) is 39.4. The number of ether oxygens (including phenoxy) is 2. The summed E-state index contributed by atoms with van der Waals surface area (Å²) in [7, 11) is 1.31. The van der Waals surface area contributed by atoms with Gasteiger partial charge in [-0.15, -0.1) is 0 Å². The Bertz CT molecular complexity index is 1550. The summed E-state index contributed by atoms with van der Waals surface area (Å²) < 4.78 is 11.1. The maximum absolute atomic E-state index is 14.1. The van der Waals surface area contributed by atoms with Gasteiger partial charge in [0.2, 0.25) is 41.8 Å². The number of para-hydroxylation sites is 1. The Hall–Kier alpha value is -5.38. The van der Waals surface area contributed by atoms with Crippen LogP contribution in [-0.2, 0) is 43.0 Å². The summed E-state index contributed by atoms with van der Waals surface area (Å²) in [5.41, 5.74) is 7.96. The molecular formula is C34H51N9O12. The number of nitrogens with zero attached hydrogens (tertiary/aromatic N) is 3. The number of hydroxylamine groups is 3. The number of benzene rings is 1. The molecular weight excluding hydrogens is 726 g/mol. The highest BCUT2D eigenvalue weighted by Crippen LogP contribution is 2.21. The van der Waals surface area contributed by atoms with Gasteiger partial charge < -0.3 is 51.7 Å². The highest BCUT2D eigenvalue weighted by Gasteiger charge is 2.39. The molecule has 0 aromatic heterocycles. The number of esters is 1. The molecule has 6 amide bonds. The lowest BCUT2D eigenvalue weighted by Crippen LogP contribution is -2.59. The Balaban J connectivity index is 1.81. The van der Waals surface area contributed by atoms with Crippen molar-refractivity contribution in [2.45, 2.75) is 88.2 Å². The van der Waals surface area contributed by atoms with E-state index in [0.29, 0.717) is 17.0 Å². The molecule has 2 heterocycles. The molecule has 1 saturated heterocycles. The molecule has 1 aromatic rings. The van der Waals surface area contributed by atoms with Crippen molar-refractivity contribution in [1.82, 2.24) is 36.7 Å². The van der Waals surface area contributed by atoms with E-state index in [-0.39, 0.29) is 89.4 Å². The number of carbonyl (C=O) groups is 7. The molecule has 0 spiro atoms. The summed E-state index contributed by atoms with van der Waals surface area (Å²) in [6.45, 7) is 1.11. The van der Waals surface area contributed by atoms with Crippen molar-refractivity contribution in [3.05, 3.63) is 29.8 Å². The number of aliphatic imine (C=N–C) groups is 1. The maximum atomic E-state index is 14.1. The molecule has 304 valence electrons. The van der Waals surface area contributed by atoms with Crippen LogP contribution in [0.3, 0.4) is 0 Å². The first-order valence-corrected chi connectivity index (χ1v) is 17.9. The minimum atomic E-state index is -1.55. The zero-order valence-electron chi connectivity index (χ0n) is 30.8. The normalized spacial score (nSPS) is 23.4. The van der Waals surface area contributed by atoms with Crippen LogP contribution >= 0.6 is 0 Å². The predicted molar refractivity (Wildman–Crippen MR) is 191 cm³/mol. The van der Waals surface area contributed by atoms with Gasteiger partial charge in [-0.1, -0.05) is 12.1 Å². The summed E-state index contributed by atoms with van der Waals surface area (Å²) in [6, 6.07) is 0.0795. The zero-order valence-corrected chi connectivity index (χ0v) is 30.8. The summed E-state index contributed by atoms with van der Waals surface area (Å²) in [5.74, 6) is -4.55. The number of nitrogens with two attached hydrogens (primary N) is 1. The van der Waals surface area contributed by atoms with E-state index in [1.54, 1.807) is 18.2 Å². The van der Waals surface area contributed by atoms with Gasteiger partial charge in [-0.25, -0.2) is 20.3 Å². The molecule has 1 fully saturated rings. The number of hydrogen-bond acceptors (Lipinski definition) is 15. The first-order valence-electron chi connectivity index (χ1n) is 17.9. The van der Waals surface area contributed by atoms with Gasteiger partial charge >= 0.3 is 5.97 Å². The Morgan fingerprint density at radius 3 is 2.45 bits per heavy atom. The van der Waals surface area contributed by atoms with Crippen molar-refractivity contribution in [2.24, 2.45) is 10.7 Å². The predicted octanol–water partition coefficient (Wildman–Crippen LogP) is -2.60. The van der Waals surface area contributed by atoms with Crippen molar-refractivity contribution < 1.29 is 58.6 Å². The number of carbonyl (C=O) groups excluding carboxylic acids is 7. The first kappa shape index (κ1) is 44.0. The number of rotatable bonds is 18. The quantitative estimate of drug-likeness (QED) is 0.0243. The fourth-order valence-corrected chi connectivity index (χ4v) is 5.82. The van der Waals surface area contributed by atoms with Crippen LogP contribution < -0.4 is 32.5 Å². The summed E-state index contributed by atoms with van der Waals surface area (Å²) in [6.07, 6.45) is -0.987. The summed E-state index contributed by atoms with van der Waals surface area (Å²) in [4.78, 5) is 97.0. The molecule has 2 aliphatic heterocycles. The topological polar surface area (TPSA) is 304 Å². The molecule has 0 aliphatic carbocycles. The molecule has 55 heavy (non-hydrogen) atoms. The number of hydrogen-bond donors (Lipinski definition) is 9. The molecule has 21 heteroatoms. The first-order chi connectivity index (χ1) is 26.3. The second-order valence-electron chi connectivity index (χ2n) is 13.0. The Morgan fingerprint density at radius 2 is 1.76 bits per heavy atom. The monoisotopic (exact) mass is 777 g/mol. The smallest absolute Gasteiger partial charge is 0.328 e. The third-order valence-corrected chi connectivity index (χ3v) is 8.91. The number of phenols is 1. The third kappa shape index (κ3) is 13.2. The lowest BCUT2D eigenvalue weighted by Gasteiger charge is -2.33. The largest absolute Gasteiger partial charge is 0.507 e. The number of phenolic OH excluding ortho intramolecular Hbond substituents is 1. The SMILES string of the molecule is CC1OC(=O)C(CCCN(O)C=O)NC(=O)C(CCCN)NC(=O)C(CCCNO)N(C)C(=O)C1NC(=O)CCNC(=O)C1COC(c2ccccc2O)=N1. The number of cyclic esters (lactones) is 1. The average molecular weight is 778 g/mol. The van der Waals surface area contributed by atoms with Gasteiger partial charge in [-0.05, 0) is 64.1 Å². The summed E-state index contributed by atoms with van der Waals surface area (Å²) >= 11 is 0. The molecule has 6 unspecified atom stereocenters. The third-order valence-electron chi connectivity index (χ3n) is 8.91. The van der Waals surface area contributed by atoms with Crippen molar-refractivity contribution in [3.8, 4) is 5.75 Å². The van der Waals surface area contributed by atoms with Crippen molar-refractivity contribution in [2.75, 3.05) is 39.8 Å². The standard InChI is InChI=1S/C34H51N9O12/c1-20-28(41-27(46)13-16-36-29(47)24-18-54-32(40-24)21-8-3-4-12-26(21)45)33(50)42(2)25(11-6-15-37-52)31(49)38-22(9-5-14-35)30(48)39-23(34(51)55-20)10-7-17-43(53)19-44/h3-4,8,12,19-20,22-25,28,37,45,52-53H,5-7,9-11,13-18,35H2,1-2H3,(H,36,47)(H,38,49)(H,39,48)(H,41,46). The molecule has 0 radical (unpaired) electrons. The van der Waals surface area contributed by atoms with Gasteiger partial charge in [0, 0.05) is 33.1 Å². The van der Waals surface area contributed by atoms with Crippen LogP contribution in [0.4, 0.5) is 0 Å². The average Bonchev–Trinajstić information content (AvgIpc) is 3.66. The fourth-order valence-electron chi connectivity index (χ4n) is 5.82. The number of nitrogens with one attached hydrogen (secondary N) is 5. The second kappa shape index (κ2) is 22.1. The lowest BCUT2D eigenvalue weighted by molar-refractivity contribution is -0.158. The number of likely N-dealkylation sites (N-methyl/N-ethyl adjacent to an activating group) is 1. The second-order valence-corrected chi connectivity index (χ2v) is 13.0. The van der Waals surface area contributed by atoms with Crippen LogP contribution in [0.5, 0.6) is 5.75 Å². The van der Waals surface area contributed by atoms with Gasteiger partial charge in [0.15, 0.2) is 6.04 Å². The van der Waals surface area contributed by atoms with Gasteiger partial charge in [0.25, 0.3) is 0 Å². The molecule has 21 nitrogen and oxygen atoms in total. The molecule has 0 saturated carbocycles. The molecule has 0 bridgehead atoms. The molecule has 6 atom stereocenters. The van der Waals surface area contributed by atoms with Crippen molar-refractivity contribution in [3.63, 3.8) is 0 Å². The molecule has 3 rings (SSSR count). The van der Waals surface area contributed by atoms with Crippen LogP contribution in [0.2, 0.25) is 0 Å². The minimum absolute atomic E-state index is 0.0176. The zero-order chi connectivity index (χ0) is 40.5. The lowest BCUT2D eigenvalue weighted by atomic mass is 10.0. The maximum Gasteiger partial charge on any atom is 0.328 e. The van der Waals surface area contributed by atoms with Crippen LogP contribution in [0.1, 0.15) is 57.4 Å². The molecule has 2 aliphatic rings. The fraction of sp³-hybridized carbons (Fsp3) is 0.588. The van der Waals surface area contributed by atoms with E-state index in [1.807, 2.05) is 5.48 Å². The van der Waals surface area contributed by atoms with Crippen LogP contribution in [0, 0.1) is 0 Å². The van der Waals surface area contributed by atoms with Crippen LogP contribution in [0.15, 0.2) is 29.3 Å². The van der Waals surface area contributed by atoms with E-state index in [0.717, 1.165) is 4.90 Å². The van der Waals surface area contributed by atoms with E-state index >= 15 is 0 Å². The highest BCUT2D eigenvalue weighted by atomic mass is 16.5. The van der Waals surface area contributed by atoms with E-state index in [2.05, 4.69) is 26.3 Å². The van der Waals surface area contributed by atoms with Gasteiger partial charge in [-0.3, -0.25) is 34.0 Å². The van der Waals surface area contributed by atoms with Gasteiger partial charge in [0.05, 0.1) is 5.56 Å². The van der Waals surface area contributed by atoms with Crippen molar-refractivity contribution in [1.29, 1.82) is 0 Å². The van der Waals surface area contributed by atoms with Crippen LogP contribution in [0.25, 0.3) is 0 Å². The van der Waals surface area contributed by atoms with E-state index in [1.165, 1.54) is 20.0 Å². The Morgan fingerprint density at radius 1 is 1.05 bits per heavy atom. The minimum Gasteiger partial charge on any atom is -0.507 e. The number of amides is 6. The van der Waals surface area contributed by atoms with E-state index in [9.17, 15) is 43.9 Å². The molecule has 10 N–H and O–H groups in total. The van der Waals surface area contributed by atoms with E-state index in [4.69, 9.17) is 20.4 Å². The Labute approximate surface area is 317 Å². The number of aromatic hydroxyl groups is 1. The van der Waals surface area contributed by atoms with Gasteiger partial charge in [0.1, 0.15) is 42.6 Å². The van der Waals surface area contributed by atoms with E-state index < -0.39 is 71.8 Å². The molecule has 1 aromatic carbocycles.